The maximum Gasteiger partial charge on any atom is 0.200 e. The van der Waals surface area contributed by atoms with Crippen LogP contribution in [0.5, 0.6) is 11.5 Å². The van der Waals surface area contributed by atoms with E-state index in [1.54, 1.807) is 48.5 Å². The van der Waals surface area contributed by atoms with Crippen LogP contribution in [0.1, 0.15) is 23.6 Å². The van der Waals surface area contributed by atoms with Crippen molar-refractivity contribution in [1.82, 2.24) is 0 Å². The smallest absolute Gasteiger partial charge is 0.200 e. The average molecular weight is 448 g/mol. The number of rotatable bonds is 5. The van der Waals surface area contributed by atoms with Gasteiger partial charge in [0.1, 0.15) is 17.2 Å². The third-order valence-electron chi connectivity index (χ3n) is 5.23. The highest BCUT2D eigenvalue weighted by atomic mass is 19.2. The van der Waals surface area contributed by atoms with Crippen molar-refractivity contribution in [3.05, 3.63) is 88.7 Å². The summed E-state index contributed by atoms with van der Waals surface area (Å²) in [5.74, 6) is -9.45. The van der Waals surface area contributed by atoms with Gasteiger partial charge in [-0.2, -0.15) is 5.10 Å². The molecule has 1 aliphatic rings. The van der Waals surface area contributed by atoms with E-state index >= 15 is 0 Å². The van der Waals surface area contributed by atoms with Crippen LogP contribution < -0.4 is 14.5 Å². The molecule has 0 N–H and O–H groups in total. The van der Waals surface area contributed by atoms with Crippen molar-refractivity contribution in [3.8, 4) is 11.5 Å². The van der Waals surface area contributed by atoms with Crippen molar-refractivity contribution in [2.75, 3.05) is 19.2 Å². The van der Waals surface area contributed by atoms with Gasteiger partial charge in [0.05, 0.1) is 26.0 Å². The predicted molar refractivity (Wildman–Crippen MR) is 109 cm³/mol. The lowest BCUT2D eigenvalue weighted by molar-refractivity contribution is 0.375. The number of hydrazone groups is 1. The van der Waals surface area contributed by atoms with Crippen molar-refractivity contribution >= 4 is 11.4 Å². The molecule has 0 amide bonds. The first-order valence-electron chi connectivity index (χ1n) is 9.52. The second-order valence-corrected chi connectivity index (χ2v) is 7.00. The zero-order chi connectivity index (χ0) is 23.0. The normalized spacial score (nSPS) is 15.7. The van der Waals surface area contributed by atoms with E-state index in [1.807, 2.05) is 0 Å². The molecule has 1 aliphatic heterocycles. The second-order valence-electron chi connectivity index (χ2n) is 7.00. The summed E-state index contributed by atoms with van der Waals surface area (Å²) < 4.78 is 81.5. The van der Waals surface area contributed by atoms with Gasteiger partial charge in [0.25, 0.3) is 0 Å². The fraction of sp³-hybridized carbons (Fsp3) is 0.174. The Labute approximate surface area is 180 Å². The van der Waals surface area contributed by atoms with Crippen molar-refractivity contribution in [2.45, 2.75) is 12.5 Å². The van der Waals surface area contributed by atoms with E-state index in [4.69, 9.17) is 9.47 Å². The van der Waals surface area contributed by atoms with Gasteiger partial charge in [-0.3, -0.25) is 5.01 Å². The quantitative estimate of drug-likeness (QED) is 0.283. The van der Waals surface area contributed by atoms with Crippen LogP contribution in [0.4, 0.5) is 27.6 Å². The average Bonchev–Trinajstić information content (AvgIpc) is 3.26. The summed E-state index contributed by atoms with van der Waals surface area (Å²) in [5.41, 5.74) is 0.371. The number of benzene rings is 3. The molecule has 3 aromatic rings. The Morgan fingerprint density at radius 1 is 0.812 bits per heavy atom. The minimum absolute atomic E-state index is 0.131. The molecule has 1 atom stereocenters. The zero-order valence-corrected chi connectivity index (χ0v) is 17.0. The molecule has 0 spiro atoms. The second kappa shape index (κ2) is 8.49. The van der Waals surface area contributed by atoms with E-state index in [0.717, 1.165) is 5.01 Å². The molecule has 4 rings (SSSR count). The Kier molecular flexibility index (Phi) is 5.73. The zero-order valence-electron chi connectivity index (χ0n) is 17.0. The molecule has 0 fully saturated rings. The monoisotopic (exact) mass is 448 g/mol. The van der Waals surface area contributed by atoms with Gasteiger partial charge in [-0.25, -0.2) is 22.0 Å². The molecule has 1 heterocycles. The van der Waals surface area contributed by atoms with E-state index in [1.165, 1.54) is 14.2 Å². The van der Waals surface area contributed by atoms with Gasteiger partial charge in [0, 0.05) is 18.1 Å². The summed E-state index contributed by atoms with van der Waals surface area (Å²) in [7, 11) is 2.86. The third kappa shape index (κ3) is 3.53. The van der Waals surface area contributed by atoms with E-state index in [-0.39, 0.29) is 6.42 Å². The summed E-state index contributed by atoms with van der Waals surface area (Å²) >= 11 is 0. The lowest BCUT2D eigenvalue weighted by Gasteiger charge is -2.26. The Balaban J connectivity index is 1.92. The van der Waals surface area contributed by atoms with Crippen LogP contribution in [0.3, 0.4) is 0 Å². The van der Waals surface area contributed by atoms with Crippen LogP contribution in [0.15, 0.2) is 53.6 Å². The number of methoxy groups -OCH3 is 2. The van der Waals surface area contributed by atoms with Crippen molar-refractivity contribution in [1.29, 1.82) is 0 Å². The van der Waals surface area contributed by atoms with Crippen LogP contribution in [0.2, 0.25) is 0 Å². The lowest BCUT2D eigenvalue weighted by atomic mass is 9.97. The highest BCUT2D eigenvalue weighted by Crippen LogP contribution is 2.44. The SMILES string of the molecule is COc1ccc([C@@H]2CC(c3ccccc3)=NN2c2c(F)c(F)c(F)c(F)c2F)c(OC)c1. The van der Waals surface area contributed by atoms with Crippen molar-refractivity contribution < 1.29 is 31.4 Å². The van der Waals surface area contributed by atoms with Gasteiger partial charge >= 0.3 is 0 Å². The van der Waals surface area contributed by atoms with Gasteiger partial charge in [-0.15, -0.1) is 0 Å². The number of ether oxygens (including phenoxy) is 2. The first kappa shape index (κ1) is 21.6. The summed E-state index contributed by atoms with van der Waals surface area (Å²) in [6.07, 6.45) is 0.131. The number of hydrogen-bond acceptors (Lipinski definition) is 4. The van der Waals surface area contributed by atoms with Gasteiger partial charge in [0.2, 0.25) is 5.82 Å². The van der Waals surface area contributed by atoms with Gasteiger partial charge < -0.3 is 9.47 Å². The van der Waals surface area contributed by atoms with Crippen LogP contribution in [0, 0.1) is 29.1 Å². The molecule has 0 saturated heterocycles. The molecule has 0 aliphatic carbocycles. The predicted octanol–water partition coefficient (Wildman–Crippen LogP) is 5.76. The molecular weight excluding hydrogens is 431 g/mol. The molecule has 0 radical (unpaired) electrons. The molecule has 0 saturated carbocycles. The Bertz CT molecular complexity index is 1170. The molecule has 0 unspecified atom stereocenters. The van der Waals surface area contributed by atoms with E-state index in [2.05, 4.69) is 5.10 Å². The Morgan fingerprint density at radius 3 is 2.03 bits per heavy atom. The van der Waals surface area contributed by atoms with Gasteiger partial charge in [0.15, 0.2) is 23.3 Å². The van der Waals surface area contributed by atoms with Crippen molar-refractivity contribution in [3.63, 3.8) is 0 Å². The third-order valence-corrected chi connectivity index (χ3v) is 5.23. The number of halogens is 5. The van der Waals surface area contributed by atoms with Crippen molar-refractivity contribution in [2.24, 2.45) is 5.10 Å². The summed E-state index contributed by atoms with van der Waals surface area (Å²) in [4.78, 5) is 0. The molecule has 4 nitrogen and oxygen atoms in total. The van der Waals surface area contributed by atoms with Crippen LogP contribution in [-0.2, 0) is 0 Å². The Morgan fingerprint density at radius 2 is 1.44 bits per heavy atom. The molecule has 166 valence electrons. The first-order chi connectivity index (χ1) is 15.4. The fourth-order valence-electron chi connectivity index (χ4n) is 3.65. The van der Waals surface area contributed by atoms with Crippen LogP contribution in [-0.4, -0.2) is 19.9 Å². The minimum Gasteiger partial charge on any atom is -0.497 e. The molecule has 9 heteroatoms. The highest BCUT2D eigenvalue weighted by molar-refractivity contribution is 6.03. The highest BCUT2D eigenvalue weighted by Gasteiger charge is 2.38. The van der Waals surface area contributed by atoms with Gasteiger partial charge in [-0.05, 0) is 17.7 Å². The standard InChI is InChI=1S/C23H17F5N2O2/c1-31-13-8-9-14(17(10-13)32-2)16-11-15(12-6-4-3-5-7-12)29-30(16)23-21(27)19(25)18(24)20(26)22(23)28/h3-10,16H,11H2,1-2H3/t16-/m0/s1. The largest absolute Gasteiger partial charge is 0.497 e. The molecule has 0 bridgehead atoms. The molecule has 3 aromatic carbocycles. The van der Waals surface area contributed by atoms with Crippen LogP contribution >= 0.6 is 0 Å². The maximum absolute atomic E-state index is 14.7. The van der Waals surface area contributed by atoms with Crippen LogP contribution in [0.25, 0.3) is 0 Å². The summed E-state index contributed by atoms with van der Waals surface area (Å²) in [5, 5.41) is 5.09. The van der Waals surface area contributed by atoms with E-state index in [0.29, 0.717) is 28.3 Å². The molecule has 0 aromatic heterocycles. The fourth-order valence-corrected chi connectivity index (χ4v) is 3.65. The minimum atomic E-state index is -2.23. The molecule has 32 heavy (non-hydrogen) atoms. The first-order valence-corrected chi connectivity index (χ1v) is 9.52. The maximum atomic E-state index is 14.7. The number of hydrogen-bond donors (Lipinski definition) is 0. The Hall–Kier alpha value is -3.62. The lowest BCUT2D eigenvalue weighted by Crippen LogP contribution is -2.23. The number of anilines is 1. The summed E-state index contributed by atoms with van der Waals surface area (Å²) in [6.45, 7) is 0. The van der Waals surface area contributed by atoms with Gasteiger partial charge in [-0.1, -0.05) is 30.3 Å². The number of nitrogens with zero attached hydrogens (tertiary/aromatic N) is 2. The summed E-state index contributed by atoms with van der Waals surface area (Å²) in [6, 6.07) is 12.6. The molecular formula is C23H17F5N2O2. The van der Waals surface area contributed by atoms with E-state index in [9.17, 15) is 22.0 Å². The topological polar surface area (TPSA) is 34.1 Å². The van der Waals surface area contributed by atoms with E-state index < -0.39 is 40.8 Å².